The SMILES string of the molecule is O[C@@H]1[C@@H](CI)OC(n2c(Cl)nc3cc(Cl)c(Cl)cc32)[C@@H]1O. The molecule has 4 atom stereocenters. The molecule has 0 aliphatic carbocycles. The lowest BCUT2D eigenvalue weighted by Crippen LogP contribution is -2.32. The third-order valence-corrected chi connectivity index (χ3v) is 5.29. The number of ether oxygens (including phenoxy) is 1. The molecule has 0 spiro atoms. The van der Waals surface area contributed by atoms with Crippen molar-refractivity contribution in [3.8, 4) is 0 Å². The van der Waals surface area contributed by atoms with Gasteiger partial charge in [-0.15, -0.1) is 0 Å². The van der Waals surface area contributed by atoms with Gasteiger partial charge in [0.05, 0.1) is 27.2 Å². The summed E-state index contributed by atoms with van der Waals surface area (Å²) in [6, 6.07) is 3.20. The molecule has 21 heavy (non-hydrogen) atoms. The fourth-order valence-electron chi connectivity index (χ4n) is 2.37. The molecule has 0 amide bonds. The van der Waals surface area contributed by atoms with Gasteiger partial charge in [0.15, 0.2) is 6.23 Å². The second-order valence-corrected chi connectivity index (χ2v) is 6.74. The molecule has 1 fully saturated rings. The topological polar surface area (TPSA) is 67.5 Å². The third kappa shape index (κ3) is 2.65. The van der Waals surface area contributed by atoms with Crippen molar-refractivity contribution in [1.29, 1.82) is 0 Å². The quantitative estimate of drug-likeness (QED) is 0.531. The van der Waals surface area contributed by atoms with E-state index in [0.29, 0.717) is 25.5 Å². The van der Waals surface area contributed by atoms with Crippen LogP contribution >= 0.6 is 57.4 Å². The van der Waals surface area contributed by atoms with Gasteiger partial charge in [0.25, 0.3) is 0 Å². The smallest absolute Gasteiger partial charge is 0.206 e. The number of nitrogens with zero attached hydrogens (tertiary/aromatic N) is 2. The average molecular weight is 463 g/mol. The van der Waals surface area contributed by atoms with Crippen LogP contribution < -0.4 is 0 Å². The molecule has 1 aromatic carbocycles. The summed E-state index contributed by atoms with van der Waals surface area (Å²) in [6.07, 6.45) is -3.38. The van der Waals surface area contributed by atoms with Crippen molar-refractivity contribution in [2.45, 2.75) is 24.5 Å². The van der Waals surface area contributed by atoms with Gasteiger partial charge in [-0.2, -0.15) is 0 Å². The minimum absolute atomic E-state index is 0.133. The zero-order valence-electron chi connectivity index (χ0n) is 10.4. The molecular formula is C12H10Cl3IN2O3. The Bertz CT molecular complexity index is 696. The Balaban J connectivity index is 2.12. The summed E-state index contributed by atoms with van der Waals surface area (Å²) >= 11 is 20.2. The van der Waals surface area contributed by atoms with Crippen LogP contribution in [-0.4, -0.2) is 42.5 Å². The van der Waals surface area contributed by atoms with Gasteiger partial charge in [-0.1, -0.05) is 45.8 Å². The Morgan fingerprint density at radius 1 is 1.19 bits per heavy atom. The van der Waals surface area contributed by atoms with Crippen molar-refractivity contribution in [1.82, 2.24) is 9.55 Å². The van der Waals surface area contributed by atoms with Gasteiger partial charge in [-0.25, -0.2) is 4.98 Å². The highest BCUT2D eigenvalue weighted by molar-refractivity contribution is 14.1. The molecule has 2 N–H and O–H groups in total. The number of imidazole rings is 1. The van der Waals surface area contributed by atoms with Crippen molar-refractivity contribution in [3.63, 3.8) is 0 Å². The molecule has 3 rings (SSSR count). The molecule has 0 radical (unpaired) electrons. The Hall–Kier alpha value is 0.170. The molecule has 9 heteroatoms. The Labute approximate surface area is 148 Å². The Kier molecular flexibility index (Phi) is 4.58. The normalized spacial score (nSPS) is 29.4. The van der Waals surface area contributed by atoms with E-state index in [2.05, 4.69) is 27.6 Å². The number of hydrogen-bond donors (Lipinski definition) is 2. The van der Waals surface area contributed by atoms with E-state index in [1.165, 1.54) is 4.57 Å². The van der Waals surface area contributed by atoms with Crippen molar-refractivity contribution in [3.05, 3.63) is 27.5 Å². The summed E-state index contributed by atoms with van der Waals surface area (Å²) in [6.45, 7) is 0. The summed E-state index contributed by atoms with van der Waals surface area (Å²) < 4.78 is 7.75. The molecule has 1 aromatic heterocycles. The van der Waals surface area contributed by atoms with Crippen molar-refractivity contribution in [2.24, 2.45) is 0 Å². The number of aromatic nitrogens is 2. The largest absolute Gasteiger partial charge is 0.387 e. The zero-order valence-corrected chi connectivity index (χ0v) is 14.8. The van der Waals surface area contributed by atoms with Crippen LogP contribution in [0.5, 0.6) is 0 Å². The van der Waals surface area contributed by atoms with Crippen molar-refractivity contribution in [2.75, 3.05) is 4.43 Å². The van der Waals surface area contributed by atoms with Crippen LogP contribution in [0.15, 0.2) is 12.1 Å². The van der Waals surface area contributed by atoms with E-state index >= 15 is 0 Å². The van der Waals surface area contributed by atoms with E-state index in [0.717, 1.165) is 0 Å². The standard InChI is InChI=1S/C12H10Cl3IN2O3/c13-4-1-6-7(2-5(4)14)18(12(15)17-6)11-10(20)9(19)8(3-16)21-11/h1-2,8-11,19-20H,3H2/t8-,9-,10-,11?/m1/s1. The predicted octanol–water partition coefficient (Wildman–Crippen LogP) is 3.05. The highest BCUT2D eigenvalue weighted by Crippen LogP contribution is 2.37. The second-order valence-electron chi connectivity index (χ2n) is 4.71. The van der Waals surface area contributed by atoms with Crippen LogP contribution in [0, 0.1) is 0 Å². The van der Waals surface area contributed by atoms with Crippen LogP contribution in [0.2, 0.25) is 15.3 Å². The van der Waals surface area contributed by atoms with Crippen LogP contribution in [-0.2, 0) is 4.74 Å². The average Bonchev–Trinajstić information content (AvgIpc) is 2.89. The van der Waals surface area contributed by atoms with E-state index in [1.54, 1.807) is 12.1 Å². The number of aliphatic hydroxyl groups is 2. The van der Waals surface area contributed by atoms with E-state index in [9.17, 15) is 10.2 Å². The number of rotatable bonds is 2. The first kappa shape index (κ1) is 16.0. The van der Waals surface area contributed by atoms with Crippen molar-refractivity contribution < 1.29 is 14.9 Å². The number of alkyl halides is 1. The maximum Gasteiger partial charge on any atom is 0.206 e. The van der Waals surface area contributed by atoms with Gasteiger partial charge in [0.1, 0.15) is 12.2 Å². The van der Waals surface area contributed by atoms with Crippen LogP contribution in [0.3, 0.4) is 0 Å². The first-order valence-electron chi connectivity index (χ1n) is 6.04. The first-order valence-corrected chi connectivity index (χ1v) is 8.70. The lowest BCUT2D eigenvalue weighted by molar-refractivity contribution is -0.0278. The van der Waals surface area contributed by atoms with Gasteiger partial charge < -0.3 is 14.9 Å². The van der Waals surface area contributed by atoms with Gasteiger partial charge >= 0.3 is 0 Å². The Morgan fingerprint density at radius 2 is 1.86 bits per heavy atom. The minimum atomic E-state index is -1.10. The van der Waals surface area contributed by atoms with Gasteiger partial charge in [-0.05, 0) is 23.7 Å². The molecule has 0 saturated carbocycles. The predicted molar refractivity (Wildman–Crippen MR) is 89.6 cm³/mol. The number of fused-ring (bicyclic) bond motifs is 1. The molecule has 0 bridgehead atoms. The summed E-state index contributed by atoms with van der Waals surface area (Å²) in [7, 11) is 0. The summed E-state index contributed by atoms with van der Waals surface area (Å²) in [4.78, 5) is 4.18. The molecule has 5 nitrogen and oxygen atoms in total. The fourth-order valence-corrected chi connectivity index (χ4v) is 3.70. The maximum absolute atomic E-state index is 10.2. The number of benzene rings is 1. The highest BCUT2D eigenvalue weighted by Gasteiger charge is 2.44. The summed E-state index contributed by atoms with van der Waals surface area (Å²) in [5.74, 6) is 0. The van der Waals surface area contributed by atoms with Crippen LogP contribution in [0.4, 0.5) is 0 Å². The third-order valence-electron chi connectivity index (χ3n) is 3.43. The number of aliphatic hydroxyl groups excluding tert-OH is 2. The molecule has 1 unspecified atom stereocenters. The maximum atomic E-state index is 10.2. The van der Waals surface area contributed by atoms with E-state index in [4.69, 9.17) is 39.5 Å². The lowest BCUT2D eigenvalue weighted by Gasteiger charge is -2.18. The molecule has 1 aliphatic heterocycles. The second kappa shape index (κ2) is 5.99. The molecule has 2 heterocycles. The van der Waals surface area contributed by atoms with Crippen LogP contribution in [0.1, 0.15) is 6.23 Å². The van der Waals surface area contributed by atoms with Crippen molar-refractivity contribution >= 4 is 68.4 Å². The zero-order chi connectivity index (χ0) is 15.3. The van der Waals surface area contributed by atoms with E-state index in [1.807, 2.05) is 0 Å². The minimum Gasteiger partial charge on any atom is -0.387 e. The molecule has 1 saturated heterocycles. The van der Waals surface area contributed by atoms with Gasteiger partial charge in [-0.3, -0.25) is 4.57 Å². The number of halogens is 4. The van der Waals surface area contributed by atoms with E-state index < -0.39 is 24.5 Å². The number of hydrogen-bond acceptors (Lipinski definition) is 4. The lowest BCUT2D eigenvalue weighted by atomic mass is 10.1. The van der Waals surface area contributed by atoms with Gasteiger partial charge in [0.2, 0.25) is 5.28 Å². The fraction of sp³-hybridized carbons (Fsp3) is 0.417. The monoisotopic (exact) mass is 462 g/mol. The molecular weight excluding hydrogens is 453 g/mol. The summed E-state index contributed by atoms with van der Waals surface area (Å²) in [5, 5.41) is 21.0. The molecule has 1 aliphatic rings. The molecule has 2 aromatic rings. The summed E-state index contributed by atoms with van der Waals surface area (Å²) in [5.41, 5.74) is 1.12. The van der Waals surface area contributed by atoms with Gasteiger partial charge in [0, 0.05) is 4.43 Å². The molecule has 114 valence electrons. The highest BCUT2D eigenvalue weighted by atomic mass is 127. The first-order chi connectivity index (χ1) is 9.93. The van der Waals surface area contributed by atoms with E-state index in [-0.39, 0.29) is 5.28 Å². The Morgan fingerprint density at radius 3 is 2.48 bits per heavy atom. The van der Waals surface area contributed by atoms with Crippen LogP contribution in [0.25, 0.3) is 11.0 Å².